The van der Waals surface area contributed by atoms with E-state index >= 15 is 0 Å². The molecule has 0 heterocycles. The van der Waals surface area contributed by atoms with Crippen molar-refractivity contribution < 1.29 is 0 Å². The first-order valence-electron chi connectivity index (χ1n) is 14.2. The first-order chi connectivity index (χ1) is 19.8. The highest BCUT2D eigenvalue weighted by Crippen LogP contribution is 2.50. The highest BCUT2D eigenvalue weighted by Gasteiger charge is 2.17. The van der Waals surface area contributed by atoms with E-state index in [-0.39, 0.29) is 0 Å². The molecule has 180 valence electrons. The van der Waals surface area contributed by atoms with Crippen LogP contribution in [-0.2, 0) is 0 Å². The SMILES string of the molecule is c1cc2ccc3/c(=c4\cc5ccc6ccc7ccc8ccc4c4c8c7c6[c-]54)cc4ccc5ccc1c1c2c3[c-]4c51. The van der Waals surface area contributed by atoms with Crippen LogP contribution in [0.1, 0.15) is 0 Å². The molecule has 12 aromatic rings. The summed E-state index contributed by atoms with van der Waals surface area (Å²) in [4.78, 5) is 0. The maximum absolute atomic E-state index is 2.47. The smallest absolute Gasteiger partial charge is 0.0469 e. The lowest BCUT2D eigenvalue weighted by Gasteiger charge is -2.15. The van der Waals surface area contributed by atoms with Crippen molar-refractivity contribution in [2.75, 3.05) is 0 Å². The zero-order valence-corrected chi connectivity index (χ0v) is 21.4. The van der Waals surface area contributed by atoms with Crippen LogP contribution in [0.3, 0.4) is 0 Å². The van der Waals surface area contributed by atoms with Crippen LogP contribution in [0, 0.1) is 10.4 Å². The van der Waals surface area contributed by atoms with Crippen molar-refractivity contribution in [1.82, 2.24) is 0 Å². The van der Waals surface area contributed by atoms with E-state index in [9.17, 15) is 0 Å². The van der Waals surface area contributed by atoms with Crippen LogP contribution in [0.25, 0.3) is 108 Å². The number of hydrogen-bond acceptors (Lipinski definition) is 0. The molecule has 40 heavy (non-hydrogen) atoms. The molecule has 0 aliphatic heterocycles. The Morgan fingerprint density at radius 3 is 1.05 bits per heavy atom. The van der Waals surface area contributed by atoms with E-state index in [4.69, 9.17) is 0 Å². The van der Waals surface area contributed by atoms with E-state index in [1.165, 1.54) is 118 Å². The maximum atomic E-state index is 2.47. The van der Waals surface area contributed by atoms with Gasteiger partial charge in [-0.15, -0.1) is 24.3 Å². The molecule has 0 aliphatic rings. The van der Waals surface area contributed by atoms with Crippen molar-refractivity contribution in [1.29, 1.82) is 0 Å². The van der Waals surface area contributed by atoms with Gasteiger partial charge in [-0.2, -0.15) is 0 Å². The lowest BCUT2D eigenvalue weighted by Crippen LogP contribution is -1.85. The van der Waals surface area contributed by atoms with E-state index in [0.717, 1.165) is 0 Å². The summed E-state index contributed by atoms with van der Waals surface area (Å²) in [6, 6.07) is 42.1. The van der Waals surface area contributed by atoms with Gasteiger partial charge in [0.2, 0.25) is 0 Å². The monoisotopic (exact) mass is 498 g/mol. The first kappa shape index (κ1) is 19.0. The van der Waals surface area contributed by atoms with Crippen molar-refractivity contribution in [2.45, 2.75) is 0 Å². The Balaban J connectivity index is 1.46. The van der Waals surface area contributed by atoms with Gasteiger partial charge in [-0.1, -0.05) is 182 Å². The fraction of sp³-hybridized carbons (Fsp3) is 0. The average Bonchev–Trinajstić information content (AvgIpc) is 3.57. The summed E-state index contributed by atoms with van der Waals surface area (Å²) in [7, 11) is 0. The summed E-state index contributed by atoms with van der Waals surface area (Å²) in [5.74, 6) is 0. The van der Waals surface area contributed by atoms with Gasteiger partial charge in [-0.3, -0.25) is 0 Å². The minimum atomic E-state index is 1.34. The average molecular weight is 499 g/mol. The van der Waals surface area contributed by atoms with Gasteiger partial charge in [0.1, 0.15) is 0 Å². The molecule has 0 radical (unpaired) electrons. The van der Waals surface area contributed by atoms with Crippen molar-refractivity contribution in [2.24, 2.45) is 0 Å². The van der Waals surface area contributed by atoms with E-state index in [0.29, 0.717) is 0 Å². The number of benzene rings is 10. The highest BCUT2D eigenvalue weighted by molar-refractivity contribution is 6.46. The summed E-state index contributed by atoms with van der Waals surface area (Å²) in [6.07, 6.45) is 0. The van der Waals surface area contributed by atoms with Crippen LogP contribution in [0.5, 0.6) is 0 Å². The predicted octanol–water partition coefficient (Wildman–Crippen LogP) is 11.1. The Morgan fingerprint density at radius 2 is 0.625 bits per heavy atom. The molecular weight excluding hydrogens is 480 g/mol. The fourth-order valence-corrected chi connectivity index (χ4v) is 8.79. The Kier molecular flexibility index (Phi) is 2.77. The minimum absolute atomic E-state index is 1.34. The predicted molar refractivity (Wildman–Crippen MR) is 173 cm³/mol. The van der Waals surface area contributed by atoms with Crippen LogP contribution in [0.2, 0.25) is 0 Å². The molecule has 0 bridgehead atoms. The molecule has 0 saturated heterocycles. The Labute approximate surface area is 226 Å². The van der Waals surface area contributed by atoms with E-state index in [2.05, 4.69) is 109 Å². The lowest BCUT2D eigenvalue weighted by molar-refractivity contribution is 1.64. The Morgan fingerprint density at radius 1 is 0.300 bits per heavy atom. The molecule has 12 aromatic carbocycles. The molecule has 0 fully saturated rings. The summed E-state index contributed by atoms with van der Waals surface area (Å²) < 4.78 is 0. The molecule has 12 rings (SSSR count). The molecule has 0 spiro atoms. The highest BCUT2D eigenvalue weighted by atomic mass is 14.3. The van der Waals surface area contributed by atoms with Gasteiger partial charge in [-0.05, 0) is 21.5 Å². The second-order valence-electron chi connectivity index (χ2n) is 12.0. The van der Waals surface area contributed by atoms with Gasteiger partial charge < -0.3 is 0 Å². The molecule has 0 heteroatoms. The van der Waals surface area contributed by atoms with Gasteiger partial charge in [0.25, 0.3) is 0 Å². The molecule has 0 N–H and O–H groups in total. The van der Waals surface area contributed by atoms with E-state index in [1.807, 2.05) is 0 Å². The molecule has 0 saturated carbocycles. The largest absolute Gasteiger partial charge is 0.105 e. The summed E-state index contributed by atoms with van der Waals surface area (Å²) in [6.45, 7) is 0. The quantitative estimate of drug-likeness (QED) is 0.144. The third-order valence-corrected chi connectivity index (χ3v) is 10.3. The zero-order valence-electron chi connectivity index (χ0n) is 21.4. The molecule has 0 unspecified atom stereocenters. The third-order valence-electron chi connectivity index (χ3n) is 10.3. The zero-order chi connectivity index (χ0) is 25.4. The fourth-order valence-electron chi connectivity index (χ4n) is 8.79. The number of hydrogen-bond donors (Lipinski definition) is 0. The molecule has 0 aromatic heterocycles. The van der Waals surface area contributed by atoms with Crippen LogP contribution in [0.4, 0.5) is 0 Å². The van der Waals surface area contributed by atoms with Gasteiger partial charge >= 0.3 is 0 Å². The molecule has 0 atom stereocenters. The van der Waals surface area contributed by atoms with Gasteiger partial charge in [-0.25, -0.2) is 0 Å². The standard InChI is InChI=1S/C40H18/c1-3-21-9-11-25-17-29(27-15-13-23-7-5-19(1)31-33(21)37(25)39(27)35(23)31)30-18-26-12-10-22-4-2-20-6-8-24-14-16-28(30)40-36(24)32(20)34(22)38(26)40/h1-18H/q-2/b30-29+. The van der Waals surface area contributed by atoms with Crippen molar-refractivity contribution in [3.63, 3.8) is 0 Å². The molecule has 0 nitrogen and oxygen atoms in total. The second-order valence-corrected chi connectivity index (χ2v) is 12.0. The van der Waals surface area contributed by atoms with Crippen LogP contribution >= 0.6 is 0 Å². The van der Waals surface area contributed by atoms with Crippen molar-refractivity contribution in [3.05, 3.63) is 120 Å². The minimum Gasteiger partial charge on any atom is -0.105 e. The van der Waals surface area contributed by atoms with Crippen LogP contribution in [-0.4, -0.2) is 0 Å². The van der Waals surface area contributed by atoms with Gasteiger partial charge in [0.15, 0.2) is 0 Å². The first-order valence-corrected chi connectivity index (χ1v) is 14.2. The topological polar surface area (TPSA) is 0 Å². The molecular formula is C40H18-2. The maximum Gasteiger partial charge on any atom is -0.0469 e. The lowest BCUT2D eigenvalue weighted by atomic mass is 9.93. The number of rotatable bonds is 0. The third kappa shape index (κ3) is 1.83. The Bertz CT molecular complexity index is 2770. The Hall–Kier alpha value is -5.20. The summed E-state index contributed by atoms with van der Waals surface area (Å²) in [5, 5.41) is 30.5. The second kappa shape index (κ2) is 5.86. The van der Waals surface area contributed by atoms with Gasteiger partial charge in [0.05, 0.1) is 0 Å². The van der Waals surface area contributed by atoms with E-state index < -0.39 is 0 Å². The molecule has 0 aliphatic carbocycles. The van der Waals surface area contributed by atoms with Crippen LogP contribution < -0.4 is 0 Å². The van der Waals surface area contributed by atoms with Crippen LogP contribution in [0.15, 0.2) is 109 Å². The van der Waals surface area contributed by atoms with Crippen molar-refractivity contribution >= 4 is 108 Å². The summed E-state index contributed by atoms with van der Waals surface area (Å²) in [5.41, 5.74) is 0. The molecule has 0 amide bonds. The van der Waals surface area contributed by atoms with E-state index in [1.54, 1.807) is 0 Å². The summed E-state index contributed by atoms with van der Waals surface area (Å²) >= 11 is 0. The van der Waals surface area contributed by atoms with Gasteiger partial charge in [0, 0.05) is 0 Å². The van der Waals surface area contributed by atoms with Crippen molar-refractivity contribution in [3.8, 4) is 0 Å². The normalized spacial score (nSPS) is 14.4.